The van der Waals surface area contributed by atoms with Crippen LogP contribution in [0.1, 0.15) is 20.3 Å². The molecule has 7 heteroatoms. The van der Waals surface area contributed by atoms with Crippen molar-refractivity contribution in [2.75, 3.05) is 13.2 Å². The van der Waals surface area contributed by atoms with E-state index in [9.17, 15) is 14.5 Å². The lowest BCUT2D eigenvalue weighted by atomic mass is 9.85. The monoisotopic (exact) mass is 298 g/mol. The molecule has 1 fully saturated rings. The summed E-state index contributed by atoms with van der Waals surface area (Å²) < 4.78 is 24.4. The number of hydrogen-bond donors (Lipinski definition) is 1. The van der Waals surface area contributed by atoms with Crippen LogP contribution in [0.4, 0.5) is 10.1 Å². The molecule has 0 radical (unpaired) electrons. The molecule has 1 aromatic rings. The van der Waals surface area contributed by atoms with Crippen molar-refractivity contribution >= 4 is 5.69 Å². The van der Waals surface area contributed by atoms with Gasteiger partial charge < -0.3 is 14.8 Å². The Balaban J connectivity index is 2.09. The van der Waals surface area contributed by atoms with Crippen molar-refractivity contribution in [3.05, 3.63) is 34.1 Å². The predicted molar refractivity (Wildman–Crippen MR) is 75.0 cm³/mol. The fraction of sp³-hybridized carbons (Fsp3) is 0.571. The quantitative estimate of drug-likeness (QED) is 0.617. The number of nitrogens with one attached hydrogen (secondary N) is 1. The highest BCUT2D eigenvalue weighted by Gasteiger charge is 2.44. The van der Waals surface area contributed by atoms with E-state index in [4.69, 9.17) is 9.47 Å². The van der Waals surface area contributed by atoms with Gasteiger partial charge in [-0.25, -0.2) is 4.39 Å². The maximum Gasteiger partial charge on any atom is 0.313 e. The van der Waals surface area contributed by atoms with Gasteiger partial charge in [-0.3, -0.25) is 10.1 Å². The average molecular weight is 298 g/mol. The molecular formula is C14H19FN2O4. The smallest absolute Gasteiger partial charge is 0.313 e. The van der Waals surface area contributed by atoms with Crippen molar-refractivity contribution in [3.8, 4) is 5.75 Å². The topological polar surface area (TPSA) is 73.6 Å². The number of nitro groups is 1. The molecule has 0 bridgehead atoms. The number of halogens is 1. The summed E-state index contributed by atoms with van der Waals surface area (Å²) in [5.74, 6) is -0.583. The van der Waals surface area contributed by atoms with Crippen molar-refractivity contribution in [2.45, 2.75) is 38.5 Å². The van der Waals surface area contributed by atoms with E-state index in [0.717, 1.165) is 18.7 Å². The Kier molecular flexibility index (Phi) is 5.08. The lowest BCUT2D eigenvalue weighted by Crippen LogP contribution is -2.61. The Bertz CT molecular complexity index is 512. The molecule has 0 heterocycles. The Morgan fingerprint density at radius 2 is 2.24 bits per heavy atom. The first-order valence-electron chi connectivity index (χ1n) is 7.02. The summed E-state index contributed by atoms with van der Waals surface area (Å²) in [4.78, 5) is 10.3. The van der Waals surface area contributed by atoms with Gasteiger partial charge in [-0.15, -0.1) is 0 Å². The molecule has 0 amide bonds. The molecule has 1 N–H and O–H groups in total. The zero-order chi connectivity index (χ0) is 15.4. The maximum absolute atomic E-state index is 13.1. The summed E-state index contributed by atoms with van der Waals surface area (Å²) >= 11 is 0. The summed E-state index contributed by atoms with van der Waals surface area (Å²) in [6.45, 7) is 5.25. The van der Waals surface area contributed by atoms with Crippen LogP contribution in [0.2, 0.25) is 0 Å². The molecule has 3 atom stereocenters. The van der Waals surface area contributed by atoms with Crippen LogP contribution in [0.3, 0.4) is 0 Å². The molecule has 0 saturated heterocycles. The minimum absolute atomic E-state index is 0.0750. The van der Waals surface area contributed by atoms with E-state index >= 15 is 0 Å². The molecule has 116 valence electrons. The first-order valence-corrected chi connectivity index (χ1v) is 7.02. The third kappa shape index (κ3) is 3.48. The first kappa shape index (κ1) is 15.7. The van der Waals surface area contributed by atoms with E-state index in [1.54, 1.807) is 0 Å². The first-order chi connectivity index (χ1) is 10.1. The molecule has 1 aliphatic rings. The van der Waals surface area contributed by atoms with Gasteiger partial charge in [0.25, 0.3) is 0 Å². The van der Waals surface area contributed by atoms with Gasteiger partial charge in [0, 0.05) is 19.1 Å². The van der Waals surface area contributed by atoms with Crippen molar-refractivity contribution in [1.29, 1.82) is 0 Å². The average Bonchev–Trinajstić information content (AvgIpc) is 2.44. The van der Waals surface area contributed by atoms with Gasteiger partial charge >= 0.3 is 5.69 Å². The van der Waals surface area contributed by atoms with Crippen molar-refractivity contribution in [3.63, 3.8) is 0 Å². The number of benzene rings is 1. The van der Waals surface area contributed by atoms with E-state index in [-0.39, 0.29) is 29.7 Å². The SMILES string of the molecule is CCNC1CC(Oc2ccc(F)cc2[N+](=O)[O-])C1OCC. The van der Waals surface area contributed by atoms with Crippen molar-refractivity contribution in [2.24, 2.45) is 0 Å². The van der Waals surface area contributed by atoms with E-state index in [1.165, 1.54) is 6.07 Å². The van der Waals surface area contributed by atoms with Crippen molar-refractivity contribution in [1.82, 2.24) is 5.32 Å². The van der Waals surface area contributed by atoms with Crippen molar-refractivity contribution < 1.29 is 18.8 Å². The van der Waals surface area contributed by atoms with E-state index < -0.39 is 10.7 Å². The normalized spacial score (nSPS) is 24.4. The minimum Gasteiger partial charge on any atom is -0.481 e. The third-order valence-electron chi connectivity index (χ3n) is 3.47. The van der Waals surface area contributed by atoms with Crippen LogP contribution in [0.5, 0.6) is 5.75 Å². The Morgan fingerprint density at radius 1 is 1.48 bits per heavy atom. The largest absolute Gasteiger partial charge is 0.481 e. The molecule has 3 unspecified atom stereocenters. The molecule has 21 heavy (non-hydrogen) atoms. The molecule has 6 nitrogen and oxygen atoms in total. The second kappa shape index (κ2) is 6.82. The molecular weight excluding hydrogens is 279 g/mol. The second-order valence-electron chi connectivity index (χ2n) is 4.85. The number of hydrogen-bond acceptors (Lipinski definition) is 5. The summed E-state index contributed by atoms with van der Waals surface area (Å²) in [6, 6.07) is 3.49. The van der Waals surface area contributed by atoms with Crippen LogP contribution in [0.25, 0.3) is 0 Å². The standard InChI is InChI=1S/C14H19FN2O4/c1-3-16-10-8-13(14(10)20-4-2)21-12-6-5-9(15)7-11(12)17(18)19/h5-7,10,13-14,16H,3-4,8H2,1-2H3. The number of likely N-dealkylation sites (N-methyl/N-ethyl adjacent to an activating group) is 1. The Labute approximate surface area is 122 Å². The van der Waals surface area contributed by atoms with Gasteiger partial charge in [-0.05, 0) is 25.6 Å². The number of ether oxygens (including phenoxy) is 2. The van der Waals surface area contributed by atoms with Gasteiger partial charge in [0.2, 0.25) is 0 Å². The van der Waals surface area contributed by atoms with Gasteiger partial charge in [0.15, 0.2) is 5.75 Å². The van der Waals surface area contributed by atoms with Gasteiger partial charge in [-0.2, -0.15) is 0 Å². The third-order valence-corrected chi connectivity index (χ3v) is 3.47. The van der Waals surface area contributed by atoms with Crippen LogP contribution in [0, 0.1) is 15.9 Å². The molecule has 0 aromatic heterocycles. The number of rotatable bonds is 7. The van der Waals surface area contributed by atoms with Crippen LogP contribution >= 0.6 is 0 Å². The summed E-state index contributed by atoms with van der Waals surface area (Å²) in [5, 5.41) is 14.2. The molecule has 1 aliphatic carbocycles. The minimum atomic E-state index is -0.658. The van der Waals surface area contributed by atoms with Gasteiger partial charge in [0.1, 0.15) is 18.0 Å². The Morgan fingerprint density at radius 3 is 2.86 bits per heavy atom. The van der Waals surface area contributed by atoms with Crippen LogP contribution < -0.4 is 10.1 Å². The zero-order valence-electron chi connectivity index (χ0n) is 12.0. The van der Waals surface area contributed by atoms with E-state index in [1.807, 2.05) is 13.8 Å². The highest BCUT2D eigenvalue weighted by molar-refractivity contribution is 5.46. The summed E-state index contributed by atoms with van der Waals surface area (Å²) in [5.41, 5.74) is -0.364. The van der Waals surface area contributed by atoms with Crippen LogP contribution in [-0.4, -0.2) is 36.3 Å². The maximum atomic E-state index is 13.1. The summed E-state index contributed by atoms with van der Waals surface area (Å²) in [6.07, 6.45) is 0.283. The highest BCUT2D eigenvalue weighted by atomic mass is 19.1. The highest BCUT2D eigenvalue weighted by Crippen LogP contribution is 2.34. The number of nitro benzene ring substituents is 1. The lowest BCUT2D eigenvalue weighted by Gasteiger charge is -2.43. The summed E-state index contributed by atoms with van der Waals surface area (Å²) in [7, 11) is 0. The fourth-order valence-corrected chi connectivity index (χ4v) is 2.47. The van der Waals surface area contributed by atoms with Gasteiger partial charge in [-0.1, -0.05) is 6.92 Å². The predicted octanol–water partition coefficient (Wildman–Crippen LogP) is 2.27. The molecule has 1 aromatic carbocycles. The van der Waals surface area contributed by atoms with Gasteiger partial charge in [0.05, 0.1) is 11.0 Å². The van der Waals surface area contributed by atoms with Crippen LogP contribution in [-0.2, 0) is 4.74 Å². The second-order valence-corrected chi connectivity index (χ2v) is 4.85. The Hall–Kier alpha value is -1.73. The molecule has 1 saturated carbocycles. The van der Waals surface area contributed by atoms with Crippen LogP contribution in [0.15, 0.2) is 18.2 Å². The molecule has 0 aliphatic heterocycles. The van der Waals surface area contributed by atoms with E-state index in [2.05, 4.69) is 5.32 Å². The fourth-order valence-electron chi connectivity index (χ4n) is 2.47. The zero-order valence-corrected chi connectivity index (χ0v) is 12.0. The molecule has 0 spiro atoms. The lowest BCUT2D eigenvalue weighted by molar-refractivity contribution is -0.386. The molecule has 2 rings (SSSR count). The van der Waals surface area contributed by atoms with E-state index in [0.29, 0.717) is 13.0 Å². The number of nitrogens with zero attached hydrogens (tertiary/aromatic N) is 1.